The Balaban J connectivity index is 2.11. The van der Waals surface area contributed by atoms with Crippen molar-refractivity contribution in [3.8, 4) is 0 Å². The topological polar surface area (TPSA) is 33.1 Å². The molecule has 0 bridgehead atoms. The zero-order valence-electron chi connectivity index (χ0n) is 10.4. The van der Waals surface area contributed by atoms with Gasteiger partial charge in [0.2, 0.25) is 0 Å². The minimum absolute atomic E-state index is 0.394. The molecule has 1 aliphatic carbocycles. The summed E-state index contributed by atoms with van der Waals surface area (Å²) in [6.45, 7) is 6.43. The third-order valence-corrected chi connectivity index (χ3v) is 4.69. The van der Waals surface area contributed by atoms with Crippen LogP contribution in [0.3, 0.4) is 0 Å². The minimum atomic E-state index is -0.530. The summed E-state index contributed by atoms with van der Waals surface area (Å²) in [6, 6.07) is 0. The zero-order valence-corrected chi connectivity index (χ0v) is 11.2. The molecule has 3 unspecified atom stereocenters. The van der Waals surface area contributed by atoms with Crippen molar-refractivity contribution in [3.63, 3.8) is 0 Å². The summed E-state index contributed by atoms with van der Waals surface area (Å²) in [5.41, 5.74) is 0.531. The molecular formula is C13H21NOS. The first kappa shape index (κ1) is 12.1. The Morgan fingerprint density at radius 2 is 2.25 bits per heavy atom. The average Bonchev–Trinajstić information content (AvgIpc) is 2.58. The monoisotopic (exact) mass is 239 g/mol. The maximum atomic E-state index is 10.7. The Bertz CT molecular complexity index is 363. The second-order valence-corrected chi connectivity index (χ2v) is 6.49. The van der Waals surface area contributed by atoms with Crippen LogP contribution in [0.5, 0.6) is 0 Å². The first-order chi connectivity index (χ1) is 7.49. The van der Waals surface area contributed by atoms with Gasteiger partial charge >= 0.3 is 0 Å². The van der Waals surface area contributed by atoms with E-state index < -0.39 is 5.60 Å². The number of aromatic nitrogens is 1. The molecule has 1 aliphatic rings. The van der Waals surface area contributed by atoms with Gasteiger partial charge < -0.3 is 5.11 Å². The maximum absolute atomic E-state index is 10.7. The van der Waals surface area contributed by atoms with E-state index in [1.54, 1.807) is 11.3 Å². The molecule has 0 aromatic carbocycles. The minimum Gasteiger partial charge on any atom is -0.389 e. The van der Waals surface area contributed by atoms with Gasteiger partial charge in [0, 0.05) is 11.8 Å². The Morgan fingerprint density at radius 1 is 1.50 bits per heavy atom. The van der Waals surface area contributed by atoms with Crippen LogP contribution in [-0.2, 0) is 6.42 Å². The molecule has 0 aliphatic heterocycles. The van der Waals surface area contributed by atoms with Gasteiger partial charge in [-0.15, -0.1) is 11.3 Å². The van der Waals surface area contributed by atoms with E-state index in [-0.39, 0.29) is 0 Å². The molecule has 3 atom stereocenters. The number of hydrogen-bond acceptors (Lipinski definition) is 3. The van der Waals surface area contributed by atoms with Crippen LogP contribution in [0.15, 0.2) is 5.38 Å². The van der Waals surface area contributed by atoms with Crippen LogP contribution in [0.4, 0.5) is 0 Å². The number of aliphatic hydroxyl groups is 1. The van der Waals surface area contributed by atoms with Crippen molar-refractivity contribution >= 4 is 11.3 Å². The molecule has 2 nitrogen and oxygen atoms in total. The van der Waals surface area contributed by atoms with E-state index in [0.29, 0.717) is 11.8 Å². The molecule has 2 rings (SSSR count). The fourth-order valence-corrected chi connectivity index (χ4v) is 3.37. The van der Waals surface area contributed by atoms with Gasteiger partial charge in [-0.2, -0.15) is 0 Å². The molecule has 1 aromatic heterocycles. The largest absolute Gasteiger partial charge is 0.389 e. The molecule has 0 amide bonds. The summed E-state index contributed by atoms with van der Waals surface area (Å²) in [5, 5.41) is 13.9. The normalized spacial score (nSPS) is 35.2. The van der Waals surface area contributed by atoms with Crippen LogP contribution in [0.1, 0.15) is 43.8 Å². The molecular weight excluding hydrogens is 218 g/mol. The van der Waals surface area contributed by atoms with Gasteiger partial charge in [-0.05, 0) is 31.6 Å². The predicted octanol–water partition coefficient (Wildman–Crippen LogP) is 3.18. The molecule has 0 saturated heterocycles. The summed E-state index contributed by atoms with van der Waals surface area (Å²) in [7, 11) is 0. The first-order valence-electron chi connectivity index (χ1n) is 6.13. The third kappa shape index (κ3) is 2.46. The lowest BCUT2D eigenvalue weighted by atomic mass is 9.70. The van der Waals surface area contributed by atoms with Crippen molar-refractivity contribution in [2.45, 2.75) is 52.1 Å². The van der Waals surface area contributed by atoms with E-state index in [4.69, 9.17) is 0 Å². The number of hydrogen-bond donors (Lipinski definition) is 1. The van der Waals surface area contributed by atoms with Crippen molar-refractivity contribution in [2.24, 2.45) is 11.8 Å². The molecule has 1 fully saturated rings. The van der Waals surface area contributed by atoms with Gasteiger partial charge in [0.25, 0.3) is 0 Å². The molecule has 3 heteroatoms. The highest BCUT2D eigenvalue weighted by Gasteiger charge is 2.39. The highest BCUT2D eigenvalue weighted by molar-refractivity contribution is 7.09. The van der Waals surface area contributed by atoms with Gasteiger partial charge in [-0.3, -0.25) is 0 Å². The summed E-state index contributed by atoms with van der Waals surface area (Å²) in [6.07, 6.45) is 4.04. The van der Waals surface area contributed by atoms with E-state index in [9.17, 15) is 5.11 Å². The van der Waals surface area contributed by atoms with Crippen molar-refractivity contribution in [2.75, 3.05) is 0 Å². The van der Waals surface area contributed by atoms with Crippen molar-refractivity contribution in [1.29, 1.82) is 0 Å². The smallest absolute Gasteiger partial charge is 0.0897 e. The summed E-state index contributed by atoms with van der Waals surface area (Å²) >= 11 is 1.67. The van der Waals surface area contributed by atoms with Crippen LogP contribution in [0, 0.1) is 18.8 Å². The fraction of sp³-hybridized carbons (Fsp3) is 0.769. The van der Waals surface area contributed by atoms with Crippen molar-refractivity contribution < 1.29 is 5.11 Å². The highest BCUT2D eigenvalue weighted by Crippen LogP contribution is 2.39. The lowest BCUT2D eigenvalue weighted by molar-refractivity contribution is -0.0565. The molecule has 1 N–H and O–H groups in total. The standard InChI is InChI=1S/C13H21NOS/c1-9-4-5-10(2)13(15,6-9)7-12-8-16-11(3)14-12/h8-10,15H,4-7H2,1-3H3. The van der Waals surface area contributed by atoms with Crippen LogP contribution >= 0.6 is 11.3 Å². The SMILES string of the molecule is Cc1nc(CC2(O)CC(C)CCC2C)cs1. The summed E-state index contributed by atoms with van der Waals surface area (Å²) < 4.78 is 0. The number of thiazole rings is 1. The number of rotatable bonds is 2. The van der Waals surface area contributed by atoms with Crippen molar-refractivity contribution in [1.82, 2.24) is 4.98 Å². The molecule has 1 saturated carbocycles. The molecule has 1 aromatic rings. The van der Waals surface area contributed by atoms with Gasteiger partial charge in [-0.1, -0.05) is 20.3 Å². The van der Waals surface area contributed by atoms with E-state index in [1.165, 1.54) is 6.42 Å². The molecule has 1 heterocycles. The van der Waals surface area contributed by atoms with Gasteiger partial charge in [0.1, 0.15) is 0 Å². The van der Waals surface area contributed by atoms with Crippen LogP contribution in [-0.4, -0.2) is 15.7 Å². The number of aryl methyl sites for hydroxylation is 1. The molecule has 16 heavy (non-hydrogen) atoms. The van der Waals surface area contributed by atoms with Gasteiger partial charge in [0.05, 0.1) is 16.3 Å². The van der Waals surface area contributed by atoms with E-state index >= 15 is 0 Å². The Labute approximate surface area is 102 Å². The lowest BCUT2D eigenvalue weighted by Gasteiger charge is -2.40. The van der Waals surface area contributed by atoms with E-state index in [0.717, 1.165) is 30.0 Å². The zero-order chi connectivity index (χ0) is 11.8. The Morgan fingerprint density at radius 3 is 2.88 bits per heavy atom. The van der Waals surface area contributed by atoms with Crippen LogP contribution in [0.25, 0.3) is 0 Å². The van der Waals surface area contributed by atoms with Gasteiger partial charge in [-0.25, -0.2) is 4.98 Å². The summed E-state index contributed by atoms with van der Waals surface area (Å²) in [5.74, 6) is 1.03. The van der Waals surface area contributed by atoms with Crippen molar-refractivity contribution in [3.05, 3.63) is 16.1 Å². The second-order valence-electron chi connectivity index (χ2n) is 5.43. The second kappa shape index (κ2) is 4.46. The Hall–Kier alpha value is -0.410. The van der Waals surface area contributed by atoms with Gasteiger partial charge in [0.15, 0.2) is 0 Å². The average molecular weight is 239 g/mol. The maximum Gasteiger partial charge on any atom is 0.0897 e. The first-order valence-corrected chi connectivity index (χ1v) is 7.01. The van der Waals surface area contributed by atoms with E-state index in [1.807, 2.05) is 6.92 Å². The molecule has 90 valence electrons. The Kier molecular flexibility index (Phi) is 3.36. The third-order valence-electron chi connectivity index (χ3n) is 3.87. The quantitative estimate of drug-likeness (QED) is 0.860. The predicted molar refractivity (Wildman–Crippen MR) is 67.7 cm³/mol. The molecule has 0 spiro atoms. The van der Waals surface area contributed by atoms with Crippen LogP contribution < -0.4 is 0 Å². The van der Waals surface area contributed by atoms with Crippen LogP contribution in [0.2, 0.25) is 0 Å². The fourth-order valence-electron chi connectivity index (χ4n) is 2.76. The number of nitrogens with zero attached hydrogens (tertiary/aromatic N) is 1. The lowest BCUT2D eigenvalue weighted by Crippen LogP contribution is -2.43. The van der Waals surface area contributed by atoms with E-state index in [2.05, 4.69) is 24.2 Å². The molecule has 0 radical (unpaired) electrons. The summed E-state index contributed by atoms with van der Waals surface area (Å²) in [4.78, 5) is 4.47. The highest BCUT2D eigenvalue weighted by atomic mass is 32.1.